The van der Waals surface area contributed by atoms with E-state index in [2.05, 4.69) is 21.5 Å². The number of oxazole rings is 1. The predicted molar refractivity (Wildman–Crippen MR) is 137 cm³/mol. The first-order valence-electron chi connectivity index (χ1n) is 11.8. The fourth-order valence-electron chi connectivity index (χ4n) is 4.11. The van der Waals surface area contributed by atoms with Gasteiger partial charge in [-0.05, 0) is 55.5 Å². The lowest BCUT2D eigenvalue weighted by molar-refractivity contribution is -0.0772. The van der Waals surface area contributed by atoms with Gasteiger partial charge in [0, 0.05) is 42.8 Å². The summed E-state index contributed by atoms with van der Waals surface area (Å²) in [5.74, 6) is 1.28. The number of para-hydroxylation sites is 1. The van der Waals surface area contributed by atoms with E-state index in [1.165, 1.54) is 0 Å². The van der Waals surface area contributed by atoms with E-state index in [0.717, 1.165) is 47.0 Å². The van der Waals surface area contributed by atoms with Gasteiger partial charge in [-0.15, -0.1) is 5.06 Å². The lowest BCUT2D eigenvalue weighted by Gasteiger charge is -2.33. The molecule has 1 fully saturated rings. The van der Waals surface area contributed by atoms with E-state index in [1.807, 2.05) is 84.8 Å². The summed E-state index contributed by atoms with van der Waals surface area (Å²) in [7, 11) is 0. The first-order chi connectivity index (χ1) is 17.6. The van der Waals surface area contributed by atoms with Crippen molar-refractivity contribution in [1.29, 1.82) is 0 Å². The number of piperazine rings is 1. The topological polar surface area (TPSA) is 72.5 Å². The third-order valence-corrected chi connectivity index (χ3v) is 6.33. The maximum Gasteiger partial charge on any atom is 0.227 e. The van der Waals surface area contributed by atoms with Gasteiger partial charge in [-0.25, -0.2) is 4.98 Å². The predicted octanol–water partition coefficient (Wildman–Crippen LogP) is 5.31. The zero-order chi connectivity index (χ0) is 24.5. The fourth-order valence-corrected chi connectivity index (χ4v) is 4.23. The Balaban J connectivity index is 1.07. The number of hydrogen-bond acceptors (Lipinski definition) is 7. The summed E-state index contributed by atoms with van der Waals surface area (Å²) in [6.07, 6.45) is 0. The minimum absolute atomic E-state index is 0.556. The molecule has 181 valence electrons. The highest BCUT2D eigenvalue weighted by Gasteiger charge is 2.21. The van der Waals surface area contributed by atoms with Crippen molar-refractivity contribution in [2.24, 2.45) is 0 Å². The molecule has 0 saturated carbocycles. The van der Waals surface area contributed by atoms with Gasteiger partial charge in [0.2, 0.25) is 5.89 Å². The van der Waals surface area contributed by atoms with Gasteiger partial charge >= 0.3 is 0 Å². The van der Waals surface area contributed by atoms with Gasteiger partial charge in [0.05, 0.1) is 17.9 Å². The number of nitrogens with zero attached hydrogens (tertiary/aromatic N) is 6. The van der Waals surface area contributed by atoms with Crippen LogP contribution < -0.4 is 4.84 Å². The molecule has 0 spiro atoms. The van der Waals surface area contributed by atoms with Gasteiger partial charge in [-0.2, -0.15) is 15.0 Å². The average molecular weight is 500 g/mol. The third-order valence-electron chi connectivity index (χ3n) is 6.08. The van der Waals surface area contributed by atoms with Crippen LogP contribution in [-0.4, -0.2) is 49.6 Å². The molecule has 8 nitrogen and oxygen atoms in total. The van der Waals surface area contributed by atoms with Crippen molar-refractivity contribution in [2.75, 3.05) is 19.6 Å². The minimum Gasteiger partial charge on any atom is -0.436 e. The molecule has 1 aliphatic heterocycles. The fraction of sp³-hybridized carbons (Fsp3) is 0.185. The molecule has 0 aliphatic carbocycles. The second-order valence-corrected chi connectivity index (χ2v) is 9.08. The largest absolute Gasteiger partial charge is 0.436 e. The summed E-state index contributed by atoms with van der Waals surface area (Å²) in [6.45, 7) is 7.10. The average Bonchev–Trinajstić information content (AvgIpc) is 3.49. The number of aromatic nitrogens is 4. The van der Waals surface area contributed by atoms with Crippen LogP contribution in [0.4, 0.5) is 0 Å². The maximum absolute atomic E-state index is 6.12. The van der Waals surface area contributed by atoms with Crippen LogP contribution >= 0.6 is 11.6 Å². The Hall–Kier alpha value is -3.72. The zero-order valence-corrected chi connectivity index (χ0v) is 20.5. The number of hydrogen-bond donors (Lipinski definition) is 0. The normalized spacial score (nSPS) is 14.9. The number of hydroxylamine groups is 2. The van der Waals surface area contributed by atoms with Crippen LogP contribution in [0.1, 0.15) is 11.4 Å². The molecule has 36 heavy (non-hydrogen) atoms. The number of fused-ring (bicyclic) bond motifs is 1. The quantitative estimate of drug-likeness (QED) is 0.313. The summed E-state index contributed by atoms with van der Waals surface area (Å²) in [6, 6.07) is 23.1. The van der Waals surface area contributed by atoms with Crippen molar-refractivity contribution in [3.05, 3.63) is 95.8 Å². The first kappa shape index (κ1) is 22.7. The summed E-state index contributed by atoms with van der Waals surface area (Å²) in [4.78, 5) is 14.7. The summed E-state index contributed by atoms with van der Waals surface area (Å²) < 4.78 is 5.90. The molecule has 1 radical (unpaired) electrons. The van der Waals surface area contributed by atoms with Crippen LogP contribution in [0.2, 0.25) is 5.02 Å². The van der Waals surface area contributed by atoms with Crippen LogP contribution in [0.3, 0.4) is 0 Å². The van der Waals surface area contributed by atoms with Gasteiger partial charge < -0.3 is 9.25 Å². The van der Waals surface area contributed by atoms with Crippen molar-refractivity contribution < 1.29 is 9.25 Å². The van der Waals surface area contributed by atoms with Crippen LogP contribution in [-0.2, 0) is 6.54 Å². The van der Waals surface area contributed by atoms with E-state index in [1.54, 1.807) is 4.80 Å². The van der Waals surface area contributed by atoms with Crippen LogP contribution in [0, 0.1) is 13.5 Å². The molecule has 0 amide bonds. The molecule has 2 aromatic heterocycles. The Morgan fingerprint density at radius 1 is 0.972 bits per heavy atom. The lowest BCUT2D eigenvalue weighted by Crippen LogP contribution is -2.44. The molecule has 0 unspecified atom stereocenters. The summed E-state index contributed by atoms with van der Waals surface area (Å²) >= 11 is 5.99. The molecule has 3 heterocycles. The second kappa shape index (κ2) is 9.73. The van der Waals surface area contributed by atoms with Gasteiger partial charge in [0.1, 0.15) is 17.0 Å². The number of halogens is 1. The SMILES string of the molecule is Cc1nn(-c2ccccc2)nc1CN1[CH]CN(Oc2ccc3oc(-c4ccc(Cl)cc4)nc3c2)CC1. The molecule has 0 N–H and O–H groups in total. The van der Waals surface area contributed by atoms with Gasteiger partial charge in [-0.1, -0.05) is 29.8 Å². The van der Waals surface area contributed by atoms with E-state index in [4.69, 9.17) is 26.0 Å². The molecular formula is C27H24ClN6O2. The van der Waals surface area contributed by atoms with Crippen molar-refractivity contribution in [3.8, 4) is 22.9 Å². The Labute approximate surface area is 213 Å². The van der Waals surface area contributed by atoms with Gasteiger partial charge in [-0.3, -0.25) is 4.90 Å². The Morgan fingerprint density at radius 2 is 1.81 bits per heavy atom. The van der Waals surface area contributed by atoms with Crippen molar-refractivity contribution in [3.63, 3.8) is 0 Å². The molecule has 3 aromatic carbocycles. The molecule has 0 atom stereocenters. The molecule has 5 aromatic rings. The van der Waals surface area contributed by atoms with E-state index in [9.17, 15) is 0 Å². The standard InChI is InChI=1S/C27H24ClN6O2/c1-19-25(31-34(30-19)22-5-3-2-4-6-22)18-32-13-15-33(16-14-32)36-23-11-12-26-24(17-23)29-27(35-26)20-7-9-21(28)10-8-20/h2-13,17H,14-16,18H2,1H3. The Bertz CT molecular complexity index is 1470. The molecule has 6 rings (SSSR count). The highest BCUT2D eigenvalue weighted by atomic mass is 35.5. The molecule has 9 heteroatoms. The molecular weight excluding hydrogens is 476 g/mol. The molecule has 0 bridgehead atoms. The third kappa shape index (κ3) is 4.83. The molecule has 1 saturated heterocycles. The van der Waals surface area contributed by atoms with Crippen molar-refractivity contribution in [2.45, 2.75) is 13.5 Å². The number of aryl methyl sites for hydroxylation is 1. The highest BCUT2D eigenvalue weighted by Crippen LogP contribution is 2.28. The highest BCUT2D eigenvalue weighted by molar-refractivity contribution is 6.30. The Kier molecular flexibility index (Phi) is 6.14. The Morgan fingerprint density at radius 3 is 2.58 bits per heavy atom. The monoisotopic (exact) mass is 499 g/mol. The van der Waals surface area contributed by atoms with Crippen molar-refractivity contribution >= 4 is 22.7 Å². The lowest BCUT2D eigenvalue weighted by atomic mass is 10.2. The van der Waals surface area contributed by atoms with E-state index in [-0.39, 0.29) is 0 Å². The number of benzene rings is 3. The van der Waals surface area contributed by atoms with Crippen molar-refractivity contribution in [1.82, 2.24) is 29.9 Å². The van der Waals surface area contributed by atoms with Crippen LogP contribution in [0.15, 0.2) is 77.2 Å². The maximum atomic E-state index is 6.12. The first-order valence-corrected chi connectivity index (χ1v) is 12.1. The minimum atomic E-state index is 0.556. The summed E-state index contributed by atoms with van der Waals surface area (Å²) in [5, 5.41) is 11.9. The van der Waals surface area contributed by atoms with E-state index < -0.39 is 0 Å². The smallest absolute Gasteiger partial charge is 0.227 e. The van der Waals surface area contributed by atoms with Crippen LogP contribution in [0.25, 0.3) is 28.2 Å². The molecule has 1 aliphatic rings. The van der Waals surface area contributed by atoms with E-state index in [0.29, 0.717) is 29.6 Å². The second-order valence-electron chi connectivity index (χ2n) is 8.64. The zero-order valence-electron chi connectivity index (χ0n) is 19.7. The van der Waals surface area contributed by atoms with Crippen LogP contribution in [0.5, 0.6) is 5.75 Å². The summed E-state index contributed by atoms with van der Waals surface area (Å²) in [5.41, 5.74) is 5.20. The number of rotatable bonds is 6. The van der Waals surface area contributed by atoms with Gasteiger partial charge in [0.25, 0.3) is 0 Å². The van der Waals surface area contributed by atoms with Gasteiger partial charge in [0.15, 0.2) is 5.58 Å². The van der Waals surface area contributed by atoms with E-state index >= 15 is 0 Å².